The maximum atomic E-state index is 2.68. The second-order valence-electron chi connectivity index (χ2n) is 7.37. The molecule has 22 heavy (non-hydrogen) atoms. The van der Waals surface area contributed by atoms with Crippen molar-refractivity contribution >= 4 is 21.4 Å². The molecule has 0 aliphatic heterocycles. The Bertz CT molecular complexity index is 233. The Hall–Kier alpha value is 0.790. The van der Waals surface area contributed by atoms with Gasteiger partial charge < -0.3 is 0 Å². The van der Waals surface area contributed by atoms with Gasteiger partial charge in [0.1, 0.15) is 0 Å². The van der Waals surface area contributed by atoms with Gasteiger partial charge in [0.15, 0.2) is 0 Å². The summed E-state index contributed by atoms with van der Waals surface area (Å²) in [5, 5.41) is 0. The molecule has 0 saturated heterocycles. The molecule has 0 heterocycles. The first-order chi connectivity index (χ1) is 10.5. The minimum atomic E-state index is -1.21. The molecule has 2 nitrogen and oxygen atoms in total. The summed E-state index contributed by atoms with van der Waals surface area (Å²) < 4.78 is 4.91. The summed E-state index contributed by atoms with van der Waals surface area (Å²) in [6.45, 7) is 16.9. The van der Waals surface area contributed by atoms with E-state index in [-0.39, 0.29) is 0 Å². The quantitative estimate of drug-likeness (QED) is 0.366. The van der Waals surface area contributed by atoms with Crippen LogP contribution in [-0.4, -0.2) is 70.5 Å². The molecule has 3 heteroatoms. The monoisotopic (exact) mass is 414 g/mol. The van der Waals surface area contributed by atoms with Gasteiger partial charge in [0.2, 0.25) is 0 Å². The van der Waals surface area contributed by atoms with E-state index in [0.29, 0.717) is 0 Å². The second-order valence-corrected chi connectivity index (χ2v) is 17.3. The molecule has 0 fully saturated rings. The van der Waals surface area contributed by atoms with Gasteiger partial charge >= 0.3 is 150 Å². The molecular weight excluding hydrogens is 371 g/mol. The van der Waals surface area contributed by atoms with E-state index in [1.807, 2.05) is 0 Å². The van der Waals surface area contributed by atoms with Crippen molar-refractivity contribution in [3.8, 4) is 0 Å². The third-order valence-electron chi connectivity index (χ3n) is 4.75. The standard InChI is InChI=1S/C9H20N.C7H16N.C3H7.In/c1-5-7-10(8-6-2)9(3)4;1-4-6-8(3)7-5-2;1-3-2;/h9H,1,5-8H2,2-4H3;1,4-7H2,2-3H3;1,3H2,2H3;. The molecule has 0 radical (unpaired) electrons. The van der Waals surface area contributed by atoms with Crippen molar-refractivity contribution in [2.45, 2.75) is 85.3 Å². The minimum absolute atomic E-state index is 0.725. The molecule has 132 valence electrons. The van der Waals surface area contributed by atoms with Gasteiger partial charge in [-0.05, 0) is 0 Å². The van der Waals surface area contributed by atoms with E-state index in [1.165, 1.54) is 58.3 Å². The zero-order chi connectivity index (χ0) is 16.8. The molecule has 0 aliphatic carbocycles. The summed E-state index contributed by atoms with van der Waals surface area (Å²) in [5.41, 5.74) is 0. The Morgan fingerprint density at radius 1 is 0.727 bits per heavy atom. The van der Waals surface area contributed by atoms with Crippen LogP contribution in [0.2, 0.25) is 12.5 Å². The van der Waals surface area contributed by atoms with Crippen molar-refractivity contribution in [3.05, 3.63) is 0 Å². The average Bonchev–Trinajstić information content (AvgIpc) is 2.46. The van der Waals surface area contributed by atoms with Crippen molar-refractivity contribution in [2.24, 2.45) is 0 Å². The second kappa shape index (κ2) is 15.3. The Kier molecular flexibility index (Phi) is 15.9. The predicted molar refractivity (Wildman–Crippen MR) is 104 cm³/mol. The molecule has 0 spiro atoms. The summed E-state index contributed by atoms with van der Waals surface area (Å²) in [7, 11) is 2.29. The van der Waals surface area contributed by atoms with E-state index in [9.17, 15) is 0 Å². The molecule has 0 saturated carbocycles. The van der Waals surface area contributed by atoms with Crippen molar-refractivity contribution in [2.75, 3.05) is 33.2 Å². The molecule has 0 bridgehead atoms. The van der Waals surface area contributed by atoms with Crippen LogP contribution in [0.5, 0.6) is 0 Å². The van der Waals surface area contributed by atoms with Crippen LogP contribution in [0.1, 0.15) is 66.7 Å². The van der Waals surface area contributed by atoms with Crippen molar-refractivity contribution in [1.82, 2.24) is 9.80 Å². The van der Waals surface area contributed by atoms with Gasteiger partial charge in [0.05, 0.1) is 0 Å². The summed E-state index contributed by atoms with van der Waals surface area (Å²) in [6.07, 6.45) is 6.97. The van der Waals surface area contributed by atoms with E-state index < -0.39 is 21.4 Å². The van der Waals surface area contributed by atoms with Gasteiger partial charge in [-0.3, -0.25) is 0 Å². The Labute approximate surface area is 149 Å². The van der Waals surface area contributed by atoms with E-state index in [2.05, 4.69) is 51.5 Å². The van der Waals surface area contributed by atoms with E-state index >= 15 is 0 Å². The molecule has 0 rings (SSSR count). The molecule has 0 aromatic heterocycles. The molecular formula is C19H43InN2. The van der Waals surface area contributed by atoms with Gasteiger partial charge in [-0.2, -0.15) is 0 Å². The molecule has 0 N–H and O–H groups in total. The van der Waals surface area contributed by atoms with E-state index in [1.54, 1.807) is 12.5 Å². The number of rotatable bonds is 15. The van der Waals surface area contributed by atoms with Crippen molar-refractivity contribution < 1.29 is 0 Å². The van der Waals surface area contributed by atoms with Crippen LogP contribution in [0.3, 0.4) is 0 Å². The third kappa shape index (κ3) is 12.2. The SMILES string of the molecule is CCCN(C)CC[CH2][In]([CH2]CC)[CH2]CCN(CCC)C(C)C. The van der Waals surface area contributed by atoms with Crippen LogP contribution in [0.25, 0.3) is 0 Å². The molecule has 0 amide bonds. The van der Waals surface area contributed by atoms with Gasteiger partial charge in [-0.1, -0.05) is 0 Å². The normalized spacial score (nSPS) is 11.9. The van der Waals surface area contributed by atoms with Crippen LogP contribution in [0.4, 0.5) is 0 Å². The van der Waals surface area contributed by atoms with Gasteiger partial charge in [-0.25, -0.2) is 0 Å². The third-order valence-corrected chi connectivity index (χ3v) is 15.7. The summed E-state index contributed by atoms with van der Waals surface area (Å²) >= 11 is -1.21. The summed E-state index contributed by atoms with van der Waals surface area (Å²) in [6, 6.07) is 0.725. The van der Waals surface area contributed by atoms with Crippen molar-refractivity contribution in [3.63, 3.8) is 0 Å². The zero-order valence-corrected chi connectivity index (χ0v) is 19.8. The van der Waals surface area contributed by atoms with Crippen LogP contribution in [0.15, 0.2) is 0 Å². The fourth-order valence-corrected chi connectivity index (χ4v) is 12.6. The first-order valence-electron chi connectivity index (χ1n) is 9.97. The number of hydrogen-bond donors (Lipinski definition) is 0. The molecule has 0 aliphatic rings. The fraction of sp³-hybridized carbons (Fsp3) is 1.00. The van der Waals surface area contributed by atoms with Crippen LogP contribution in [0, 0.1) is 0 Å². The average molecular weight is 414 g/mol. The van der Waals surface area contributed by atoms with Crippen LogP contribution >= 0.6 is 0 Å². The summed E-state index contributed by atoms with van der Waals surface area (Å²) in [4.78, 5) is 5.21. The van der Waals surface area contributed by atoms with E-state index in [0.717, 1.165) is 6.04 Å². The molecule has 0 atom stereocenters. The number of nitrogens with zero attached hydrogens (tertiary/aromatic N) is 2. The Balaban J connectivity index is 3.97. The van der Waals surface area contributed by atoms with E-state index in [4.69, 9.17) is 0 Å². The zero-order valence-electron chi connectivity index (χ0n) is 16.5. The molecule has 0 aromatic carbocycles. The maximum absolute atomic E-state index is 2.68. The Morgan fingerprint density at radius 2 is 1.32 bits per heavy atom. The van der Waals surface area contributed by atoms with Crippen LogP contribution in [-0.2, 0) is 0 Å². The summed E-state index contributed by atoms with van der Waals surface area (Å²) in [5.74, 6) is 0. The van der Waals surface area contributed by atoms with Crippen LogP contribution < -0.4 is 0 Å². The van der Waals surface area contributed by atoms with Gasteiger partial charge in [-0.15, -0.1) is 0 Å². The first-order valence-corrected chi connectivity index (χ1v) is 17.0. The van der Waals surface area contributed by atoms with Gasteiger partial charge in [0, 0.05) is 0 Å². The first kappa shape index (κ1) is 22.8. The number of hydrogen-bond acceptors (Lipinski definition) is 2. The van der Waals surface area contributed by atoms with Crippen molar-refractivity contribution in [1.29, 1.82) is 0 Å². The predicted octanol–water partition coefficient (Wildman–Crippen LogP) is 5.13. The topological polar surface area (TPSA) is 6.48 Å². The Morgan fingerprint density at radius 3 is 1.82 bits per heavy atom. The molecule has 0 aromatic rings. The molecule has 0 unspecified atom stereocenters. The van der Waals surface area contributed by atoms with Gasteiger partial charge in [0.25, 0.3) is 0 Å². The fourth-order valence-electron chi connectivity index (χ4n) is 3.48.